The van der Waals surface area contributed by atoms with Crippen molar-refractivity contribution in [3.63, 3.8) is 0 Å². The molecule has 5 rings (SSSR count). The molecule has 0 saturated heterocycles. The number of carboxylic acids is 1. The average molecular weight is 485 g/mol. The molecular formula is C29H25ClN2O3. The van der Waals surface area contributed by atoms with Gasteiger partial charge in [-0.25, -0.2) is 9.79 Å². The number of aromatic carboxylic acids is 1. The number of rotatable bonds is 4. The number of nitrogens with one attached hydrogen (secondary N) is 1. The molecule has 0 fully saturated rings. The van der Waals surface area contributed by atoms with Gasteiger partial charge in [0.05, 0.1) is 17.6 Å². The fourth-order valence-electron chi connectivity index (χ4n) is 4.50. The van der Waals surface area contributed by atoms with Crippen molar-refractivity contribution >= 4 is 23.6 Å². The summed E-state index contributed by atoms with van der Waals surface area (Å²) < 4.78 is 5.97. The number of aryl methyl sites for hydroxylation is 2. The largest absolute Gasteiger partial charge is 0.478 e. The fraction of sp³-hybridized carbons (Fsp3) is 0.207. The number of carboxylic acid groups (broad SMARTS) is 1. The van der Waals surface area contributed by atoms with Gasteiger partial charge in [0.1, 0.15) is 5.75 Å². The average Bonchev–Trinajstić information content (AvgIpc) is 3.05. The molecule has 0 amide bonds. The number of benzene rings is 1. The van der Waals surface area contributed by atoms with Gasteiger partial charge in [-0.2, -0.15) is 0 Å². The fourth-order valence-corrected chi connectivity index (χ4v) is 4.79. The molecule has 1 aliphatic heterocycles. The number of carbonyl (C=O) groups is 1. The van der Waals surface area contributed by atoms with Gasteiger partial charge in [0, 0.05) is 16.2 Å². The highest BCUT2D eigenvalue weighted by Crippen LogP contribution is 2.33. The van der Waals surface area contributed by atoms with Crippen molar-refractivity contribution in [2.45, 2.75) is 38.8 Å². The topological polar surface area (TPSA) is 70.9 Å². The van der Waals surface area contributed by atoms with E-state index in [4.69, 9.17) is 16.3 Å². The van der Waals surface area contributed by atoms with Crippen LogP contribution in [-0.2, 0) is 0 Å². The summed E-state index contributed by atoms with van der Waals surface area (Å²) in [7, 11) is 0. The first-order valence-electron chi connectivity index (χ1n) is 11.6. The quantitative estimate of drug-likeness (QED) is 0.515. The molecule has 1 aromatic carbocycles. The summed E-state index contributed by atoms with van der Waals surface area (Å²) in [5, 5.41) is 13.3. The monoisotopic (exact) mass is 484 g/mol. The number of hydrogen-bond donors (Lipinski definition) is 2. The second kappa shape index (κ2) is 9.46. The van der Waals surface area contributed by atoms with E-state index in [2.05, 4.69) is 46.4 Å². The maximum absolute atomic E-state index is 11.5. The van der Waals surface area contributed by atoms with Crippen LogP contribution in [0.5, 0.6) is 5.75 Å². The van der Waals surface area contributed by atoms with Crippen LogP contribution in [0.2, 0.25) is 0 Å². The Hall–Kier alpha value is -3.79. The SMILES string of the molecule is Cc1cc(C)c(C(=O)O)cc1OC1=NC2C=C(Cl)C(C3=C=CC=C(C4=CCCC=C4)C=C3)=CC2N1. The molecule has 0 aromatic heterocycles. The van der Waals surface area contributed by atoms with Gasteiger partial charge in [-0.3, -0.25) is 0 Å². The Morgan fingerprint density at radius 3 is 2.77 bits per heavy atom. The number of fused-ring (bicyclic) bond motifs is 1. The molecule has 0 bridgehead atoms. The van der Waals surface area contributed by atoms with Crippen molar-refractivity contribution in [3.05, 3.63) is 117 Å². The molecule has 4 aliphatic rings. The van der Waals surface area contributed by atoms with E-state index >= 15 is 0 Å². The van der Waals surface area contributed by atoms with Crippen molar-refractivity contribution in [2.75, 3.05) is 0 Å². The minimum absolute atomic E-state index is 0.130. The van der Waals surface area contributed by atoms with Gasteiger partial charge in [-0.15, -0.1) is 5.73 Å². The summed E-state index contributed by atoms with van der Waals surface area (Å²) in [5.41, 5.74) is 9.21. The van der Waals surface area contributed by atoms with Crippen LogP contribution >= 0.6 is 11.6 Å². The number of hydrogen-bond acceptors (Lipinski definition) is 4. The number of aliphatic imine (C=N–C) groups is 1. The van der Waals surface area contributed by atoms with Crippen LogP contribution in [0.15, 0.2) is 105 Å². The Labute approximate surface area is 209 Å². The molecular weight excluding hydrogens is 460 g/mol. The van der Waals surface area contributed by atoms with Crippen LogP contribution in [0.1, 0.15) is 34.3 Å². The van der Waals surface area contributed by atoms with Crippen molar-refractivity contribution < 1.29 is 14.6 Å². The lowest BCUT2D eigenvalue weighted by molar-refractivity contribution is 0.0695. The summed E-state index contributed by atoms with van der Waals surface area (Å²) in [6, 6.07) is 3.33. The molecule has 0 radical (unpaired) electrons. The maximum atomic E-state index is 11.5. The third-order valence-electron chi connectivity index (χ3n) is 6.35. The minimum Gasteiger partial charge on any atom is -0.478 e. The first-order chi connectivity index (χ1) is 16.9. The smallest absolute Gasteiger partial charge is 0.336 e. The molecule has 2 unspecified atom stereocenters. The Morgan fingerprint density at radius 1 is 1.14 bits per heavy atom. The zero-order valence-corrected chi connectivity index (χ0v) is 20.3. The first kappa shape index (κ1) is 23.0. The Balaban J connectivity index is 1.34. The number of allylic oxidation sites excluding steroid dienone is 11. The van der Waals surface area contributed by atoms with E-state index in [1.807, 2.05) is 31.2 Å². The van der Waals surface area contributed by atoms with E-state index in [0.29, 0.717) is 22.4 Å². The van der Waals surface area contributed by atoms with Crippen LogP contribution in [0.3, 0.4) is 0 Å². The van der Waals surface area contributed by atoms with Crippen LogP contribution < -0.4 is 10.1 Å². The normalized spacial score (nSPS) is 22.6. The van der Waals surface area contributed by atoms with E-state index in [1.165, 1.54) is 11.6 Å². The van der Waals surface area contributed by atoms with Gasteiger partial charge in [-0.05, 0) is 85.4 Å². The second-order valence-corrected chi connectivity index (χ2v) is 9.26. The summed E-state index contributed by atoms with van der Waals surface area (Å²) in [4.78, 5) is 16.1. The lowest BCUT2D eigenvalue weighted by Gasteiger charge is -2.20. The maximum Gasteiger partial charge on any atom is 0.336 e. The first-order valence-corrected chi connectivity index (χ1v) is 12.0. The highest BCUT2D eigenvalue weighted by Gasteiger charge is 2.32. The summed E-state index contributed by atoms with van der Waals surface area (Å²) in [5.74, 6) is -0.532. The van der Waals surface area contributed by atoms with Gasteiger partial charge < -0.3 is 15.2 Å². The molecule has 176 valence electrons. The highest BCUT2D eigenvalue weighted by atomic mass is 35.5. The van der Waals surface area contributed by atoms with Crippen molar-refractivity contribution in [1.29, 1.82) is 0 Å². The molecule has 6 heteroatoms. The van der Waals surface area contributed by atoms with Crippen LogP contribution in [0.25, 0.3) is 0 Å². The predicted molar refractivity (Wildman–Crippen MR) is 139 cm³/mol. The van der Waals surface area contributed by atoms with Crippen LogP contribution in [0, 0.1) is 13.8 Å². The molecule has 0 saturated carbocycles. The van der Waals surface area contributed by atoms with Gasteiger partial charge >= 0.3 is 5.97 Å². The highest BCUT2D eigenvalue weighted by molar-refractivity contribution is 6.32. The second-order valence-electron chi connectivity index (χ2n) is 8.85. The summed E-state index contributed by atoms with van der Waals surface area (Å²) in [6.45, 7) is 3.65. The molecule has 2 atom stereocenters. The Kier molecular flexibility index (Phi) is 6.21. The summed E-state index contributed by atoms with van der Waals surface area (Å²) in [6.07, 6.45) is 20.8. The molecule has 35 heavy (non-hydrogen) atoms. The third-order valence-corrected chi connectivity index (χ3v) is 6.68. The molecule has 1 aromatic rings. The molecule has 3 aliphatic carbocycles. The number of ether oxygens (including phenoxy) is 1. The van der Waals surface area contributed by atoms with E-state index in [0.717, 1.165) is 35.1 Å². The third kappa shape index (κ3) is 4.74. The summed E-state index contributed by atoms with van der Waals surface area (Å²) >= 11 is 6.67. The van der Waals surface area contributed by atoms with E-state index in [-0.39, 0.29) is 17.6 Å². The van der Waals surface area contributed by atoms with Crippen molar-refractivity contribution in [3.8, 4) is 5.75 Å². The lowest BCUT2D eigenvalue weighted by Crippen LogP contribution is -2.36. The Morgan fingerprint density at radius 2 is 2.00 bits per heavy atom. The zero-order chi connectivity index (χ0) is 24.5. The zero-order valence-electron chi connectivity index (χ0n) is 19.5. The minimum atomic E-state index is -0.990. The molecule has 1 heterocycles. The lowest BCUT2D eigenvalue weighted by atomic mass is 9.93. The van der Waals surface area contributed by atoms with E-state index in [9.17, 15) is 9.90 Å². The van der Waals surface area contributed by atoms with Crippen LogP contribution in [0.4, 0.5) is 0 Å². The van der Waals surface area contributed by atoms with Gasteiger partial charge in [0.25, 0.3) is 6.02 Å². The van der Waals surface area contributed by atoms with Crippen molar-refractivity contribution in [2.24, 2.45) is 4.99 Å². The Bertz CT molecular complexity index is 1390. The van der Waals surface area contributed by atoms with Gasteiger partial charge in [0.15, 0.2) is 0 Å². The van der Waals surface area contributed by atoms with E-state index in [1.54, 1.807) is 13.0 Å². The van der Waals surface area contributed by atoms with E-state index < -0.39 is 5.97 Å². The van der Waals surface area contributed by atoms with Crippen LogP contribution in [-0.4, -0.2) is 29.2 Å². The molecule has 5 nitrogen and oxygen atoms in total. The number of nitrogens with zero attached hydrogens (tertiary/aromatic N) is 1. The van der Waals surface area contributed by atoms with Gasteiger partial charge in [0.2, 0.25) is 0 Å². The van der Waals surface area contributed by atoms with Crippen molar-refractivity contribution in [1.82, 2.24) is 5.32 Å². The molecule has 2 N–H and O–H groups in total. The molecule has 0 spiro atoms. The number of halogens is 1. The number of amidine groups is 1. The predicted octanol–water partition coefficient (Wildman–Crippen LogP) is 5.99. The standard InChI is InChI=1S/C29H25ClN2O3/c1-17-13-18(2)27(15-22(17)28(33)34)35-29-31-25-14-23(24(30)16-26(25)32-29)21-10-6-9-20(11-12-21)19-7-4-3-5-8-19/h4,6-9,11-16,25-26H,3,5H2,1-2H3,(H,31,32)(H,33,34). The van der Waals surface area contributed by atoms with Gasteiger partial charge in [-0.1, -0.05) is 42.0 Å².